The molecule has 1 saturated heterocycles. The van der Waals surface area contributed by atoms with Gasteiger partial charge in [0.25, 0.3) is 0 Å². The summed E-state index contributed by atoms with van der Waals surface area (Å²) in [6.45, 7) is 2.92. The van der Waals surface area contributed by atoms with Gasteiger partial charge in [-0.3, -0.25) is 4.79 Å². The van der Waals surface area contributed by atoms with E-state index in [-0.39, 0.29) is 5.91 Å². The minimum absolute atomic E-state index is 0.0413. The Morgan fingerprint density at radius 3 is 2.52 bits per heavy atom. The van der Waals surface area contributed by atoms with Gasteiger partial charge in [-0.2, -0.15) is 0 Å². The molecule has 0 radical (unpaired) electrons. The quantitative estimate of drug-likeness (QED) is 0.512. The van der Waals surface area contributed by atoms with Crippen molar-refractivity contribution in [3.8, 4) is 0 Å². The monoisotopic (exact) mass is 405 g/mol. The third-order valence-corrected chi connectivity index (χ3v) is 5.67. The largest absolute Gasteiger partial charge is 0.378 e. The number of para-hydroxylation sites is 1. The van der Waals surface area contributed by atoms with E-state index in [1.807, 2.05) is 72.8 Å². The van der Waals surface area contributed by atoms with Gasteiger partial charge in [-0.1, -0.05) is 66.4 Å². The van der Waals surface area contributed by atoms with Gasteiger partial charge in [0.2, 0.25) is 5.91 Å². The van der Waals surface area contributed by atoms with Crippen molar-refractivity contribution in [2.45, 2.75) is 0 Å². The number of ether oxygens (including phenoxy) is 1. The number of rotatable bonds is 4. The molecule has 1 heterocycles. The normalized spacial score (nSPS) is 14.8. The Bertz CT molecular complexity index is 996. The maximum atomic E-state index is 12.7. The van der Waals surface area contributed by atoms with Gasteiger partial charge in [-0.15, -0.1) is 0 Å². The summed E-state index contributed by atoms with van der Waals surface area (Å²) >= 11 is 1.46. The Balaban J connectivity index is 1.46. The lowest BCUT2D eigenvalue weighted by molar-refractivity contribution is -0.113. The van der Waals surface area contributed by atoms with Gasteiger partial charge in [0.1, 0.15) is 0 Å². The molecule has 3 aromatic carbocycles. The van der Waals surface area contributed by atoms with Crippen molar-refractivity contribution in [1.82, 2.24) is 4.90 Å². The van der Waals surface area contributed by atoms with Crippen LogP contribution in [0.4, 0.5) is 11.4 Å². The van der Waals surface area contributed by atoms with Crippen LogP contribution < -0.4 is 5.32 Å². The number of morpholine rings is 1. The Morgan fingerprint density at radius 1 is 0.966 bits per heavy atom. The number of benzene rings is 3. The van der Waals surface area contributed by atoms with Crippen LogP contribution in [0.2, 0.25) is 0 Å². The first-order valence-electron chi connectivity index (χ1n) is 9.66. The van der Waals surface area contributed by atoms with Crippen LogP contribution in [0.15, 0.2) is 77.8 Å². The molecule has 29 heavy (non-hydrogen) atoms. The van der Waals surface area contributed by atoms with Crippen molar-refractivity contribution in [2.75, 3.05) is 37.4 Å². The van der Waals surface area contributed by atoms with E-state index in [1.165, 1.54) is 11.8 Å². The predicted octanol–water partition coefficient (Wildman–Crippen LogP) is 4.53. The fourth-order valence-corrected chi connectivity index (χ4v) is 4.08. The molecule has 0 aromatic heterocycles. The maximum absolute atomic E-state index is 12.7. The molecule has 0 atom stereocenters. The fourth-order valence-electron chi connectivity index (χ4n) is 3.21. The van der Waals surface area contributed by atoms with E-state index in [0.717, 1.165) is 40.4 Å². The van der Waals surface area contributed by atoms with Crippen molar-refractivity contribution in [3.63, 3.8) is 0 Å². The highest BCUT2D eigenvalue weighted by molar-refractivity contribution is 8.14. The van der Waals surface area contributed by atoms with Crippen molar-refractivity contribution in [2.24, 2.45) is 4.99 Å². The van der Waals surface area contributed by atoms with Crippen LogP contribution in [0.25, 0.3) is 10.8 Å². The summed E-state index contributed by atoms with van der Waals surface area (Å²) in [5.74, 6) is 0.257. The number of anilines is 1. The molecule has 1 aliphatic rings. The molecule has 1 fully saturated rings. The number of carbonyl (C=O) groups is 1. The first kappa shape index (κ1) is 19.5. The topological polar surface area (TPSA) is 53.9 Å². The third kappa shape index (κ3) is 5.16. The smallest absolute Gasteiger partial charge is 0.234 e. The van der Waals surface area contributed by atoms with Gasteiger partial charge in [-0.25, -0.2) is 4.99 Å². The minimum atomic E-state index is -0.0413. The standard InChI is InChI=1S/C23H23N3O2S/c27-22(25-21-12-6-8-18-7-4-5-11-20(18)21)17-29-23(26-13-15-28-16-14-26)24-19-9-2-1-3-10-19/h1-12H,13-17H2,(H,25,27). The summed E-state index contributed by atoms with van der Waals surface area (Å²) in [6.07, 6.45) is 0. The number of hydrogen-bond donors (Lipinski definition) is 1. The van der Waals surface area contributed by atoms with Crippen molar-refractivity contribution < 1.29 is 9.53 Å². The molecule has 5 nitrogen and oxygen atoms in total. The highest BCUT2D eigenvalue weighted by Gasteiger charge is 2.17. The number of nitrogens with zero attached hydrogens (tertiary/aromatic N) is 2. The number of aliphatic imine (C=N–C) groups is 1. The van der Waals surface area contributed by atoms with E-state index in [2.05, 4.69) is 10.2 Å². The summed E-state index contributed by atoms with van der Waals surface area (Å²) in [7, 11) is 0. The predicted molar refractivity (Wildman–Crippen MR) is 121 cm³/mol. The van der Waals surface area contributed by atoms with Gasteiger partial charge < -0.3 is 15.0 Å². The molecule has 0 bridgehead atoms. The van der Waals surface area contributed by atoms with Crippen LogP contribution >= 0.6 is 11.8 Å². The molecule has 148 valence electrons. The lowest BCUT2D eigenvalue weighted by Gasteiger charge is -2.29. The van der Waals surface area contributed by atoms with Crippen molar-refractivity contribution in [3.05, 3.63) is 72.8 Å². The fraction of sp³-hybridized carbons (Fsp3) is 0.217. The number of hydrogen-bond acceptors (Lipinski definition) is 4. The van der Waals surface area contributed by atoms with Crippen LogP contribution in [0.5, 0.6) is 0 Å². The average molecular weight is 406 g/mol. The van der Waals surface area contributed by atoms with Gasteiger partial charge >= 0.3 is 0 Å². The number of thioether (sulfide) groups is 1. The molecule has 0 aliphatic carbocycles. The van der Waals surface area contributed by atoms with Crippen LogP contribution in [0.3, 0.4) is 0 Å². The highest BCUT2D eigenvalue weighted by atomic mass is 32.2. The van der Waals surface area contributed by atoms with E-state index in [0.29, 0.717) is 19.0 Å². The van der Waals surface area contributed by atoms with Gasteiger partial charge in [0.15, 0.2) is 5.17 Å². The third-order valence-electron chi connectivity index (χ3n) is 4.66. The Labute approximate surface area is 174 Å². The van der Waals surface area contributed by atoms with E-state index in [1.54, 1.807) is 0 Å². The zero-order valence-corrected chi connectivity index (χ0v) is 16.9. The molecular weight excluding hydrogens is 382 g/mol. The van der Waals surface area contributed by atoms with Crippen molar-refractivity contribution in [1.29, 1.82) is 0 Å². The van der Waals surface area contributed by atoms with Crippen LogP contribution in [-0.4, -0.2) is 48.0 Å². The van der Waals surface area contributed by atoms with E-state index in [9.17, 15) is 4.79 Å². The van der Waals surface area contributed by atoms with Crippen LogP contribution in [0.1, 0.15) is 0 Å². The number of nitrogens with one attached hydrogen (secondary N) is 1. The SMILES string of the molecule is O=C(CSC(=Nc1ccccc1)N1CCOCC1)Nc1cccc2ccccc12. The lowest BCUT2D eigenvalue weighted by Crippen LogP contribution is -2.39. The zero-order valence-electron chi connectivity index (χ0n) is 16.1. The molecule has 0 spiro atoms. The van der Waals surface area contributed by atoms with E-state index in [4.69, 9.17) is 9.73 Å². The Morgan fingerprint density at radius 2 is 1.69 bits per heavy atom. The summed E-state index contributed by atoms with van der Waals surface area (Å²) in [5, 5.41) is 6.05. The molecule has 0 unspecified atom stereocenters. The molecule has 0 saturated carbocycles. The molecule has 1 aliphatic heterocycles. The van der Waals surface area contributed by atoms with Crippen molar-refractivity contribution >= 4 is 45.0 Å². The summed E-state index contributed by atoms with van der Waals surface area (Å²) in [6, 6.07) is 23.8. The molecule has 1 amide bonds. The molecule has 6 heteroatoms. The first-order valence-corrected chi connectivity index (χ1v) is 10.6. The first-order chi connectivity index (χ1) is 14.3. The average Bonchev–Trinajstić information content (AvgIpc) is 2.78. The maximum Gasteiger partial charge on any atom is 0.234 e. The van der Waals surface area contributed by atoms with Crippen LogP contribution in [-0.2, 0) is 9.53 Å². The zero-order chi connectivity index (χ0) is 19.9. The second kappa shape index (κ2) is 9.58. The summed E-state index contributed by atoms with van der Waals surface area (Å²) in [5.41, 5.74) is 1.72. The van der Waals surface area contributed by atoms with Gasteiger partial charge in [0.05, 0.1) is 24.7 Å². The summed E-state index contributed by atoms with van der Waals surface area (Å²) in [4.78, 5) is 19.6. The van der Waals surface area contributed by atoms with E-state index < -0.39 is 0 Å². The van der Waals surface area contributed by atoms with E-state index >= 15 is 0 Å². The molecular formula is C23H23N3O2S. The second-order valence-corrected chi connectivity index (χ2v) is 7.64. The number of amides is 1. The van der Waals surface area contributed by atoms with Gasteiger partial charge in [0, 0.05) is 24.2 Å². The van der Waals surface area contributed by atoms with Crippen LogP contribution in [0, 0.1) is 0 Å². The number of fused-ring (bicyclic) bond motifs is 1. The Hall–Kier alpha value is -2.83. The number of carbonyl (C=O) groups excluding carboxylic acids is 1. The lowest BCUT2D eigenvalue weighted by atomic mass is 10.1. The Kier molecular flexibility index (Phi) is 6.44. The summed E-state index contributed by atoms with van der Waals surface area (Å²) < 4.78 is 5.46. The second-order valence-electron chi connectivity index (χ2n) is 6.69. The molecule has 4 rings (SSSR count). The highest BCUT2D eigenvalue weighted by Crippen LogP contribution is 2.24. The molecule has 1 N–H and O–H groups in total. The number of amidine groups is 1. The van der Waals surface area contributed by atoms with Gasteiger partial charge in [-0.05, 0) is 23.6 Å². The minimum Gasteiger partial charge on any atom is -0.378 e. The molecule has 3 aromatic rings.